The van der Waals surface area contributed by atoms with Crippen molar-refractivity contribution in [2.75, 3.05) is 0 Å². The molecule has 0 aliphatic rings. The van der Waals surface area contributed by atoms with E-state index in [-0.39, 0.29) is 10.3 Å². The van der Waals surface area contributed by atoms with Crippen LogP contribution in [0.4, 0.5) is 8.78 Å². The summed E-state index contributed by atoms with van der Waals surface area (Å²) in [6.45, 7) is 0. The molecule has 0 atom stereocenters. The van der Waals surface area contributed by atoms with E-state index >= 15 is 0 Å². The zero-order chi connectivity index (χ0) is 17.4. The van der Waals surface area contributed by atoms with Crippen LogP contribution in [0, 0.1) is 10.3 Å². The highest BCUT2D eigenvalue weighted by Gasteiger charge is 2.12. The smallest absolute Gasteiger partial charge is 0.177 e. The maximum atomic E-state index is 13.7. The van der Waals surface area contributed by atoms with E-state index in [0.29, 0.717) is 0 Å². The van der Waals surface area contributed by atoms with Crippen LogP contribution in [0.15, 0.2) is 60.7 Å². The maximum absolute atomic E-state index is 13.7. The molecular formula is C22H10F2S2. The monoisotopic (exact) mass is 376 g/mol. The summed E-state index contributed by atoms with van der Waals surface area (Å²) in [4.78, 5) is 0. The molecule has 4 heteroatoms. The second-order valence-electron chi connectivity index (χ2n) is 6.49. The van der Waals surface area contributed by atoms with Gasteiger partial charge in [-0.15, -0.1) is 22.7 Å². The van der Waals surface area contributed by atoms with Gasteiger partial charge in [-0.1, -0.05) is 48.5 Å². The number of rotatable bonds is 0. The van der Waals surface area contributed by atoms with Crippen molar-refractivity contribution in [1.29, 1.82) is 0 Å². The van der Waals surface area contributed by atoms with Crippen molar-refractivity contribution >= 4 is 75.2 Å². The molecule has 2 aromatic heterocycles. The summed E-state index contributed by atoms with van der Waals surface area (Å²) in [6, 6.07) is 19.7. The predicted octanol–water partition coefficient (Wildman–Crippen LogP) is 7.85. The van der Waals surface area contributed by atoms with Gasteiger partial charge in [-0.3, -0.25) is 0 Å². The van der Waals surface area contributed by atoms with Crippen LogP contribution in [0.2, 0.25) is 0 Å². The molecule has 0 saturated heterocycles. The van der Waals surface area contributed by atoms with Gasteiger partial charge in [0.25, 0.3) is 0 Å². The van der Waals surface area contributed by atoms with Gasteiger partial charge < -0.3 is 0 Å². The molecule has 0 spiro atoms. The van der Waals surface area contributed by atoms with Crippen molar-refractivity contribution in [3.8, 4) is 0 Å². The van der Waals surface area contributed by atoms with Crippen LogP contribution in [-0.4, -0.2) is 0 Å². The Morgan fingerprint density at radius 3 is 1.27 bits per heavy atom. The number of fused-ring (bicyclic) bond motifs is 9. The van der Waals surface area contributed by atoms with Crippen LogP contribution in [-0.2, 0) is 0 Å². The Morgan fingerprint density at radius 2 is 0.808 bits per heavy atom. The summed E-state index contributed by atoms with van der Waals surface area (Å²) in [7, 11) is 0. The van der Waals surface area contributed by atoms with Gasteiger partial charge in [0.15, 0.2) is 10.3 Å². The Kier molecular flexibility index (Phi) is 2.80. The van der Waals surface area contributed by atoms with Gasteiger partial charge in [-0.2, -0.15) is 8.78 Å². The largest absolute Gasteiger partial charge is 0.195 e. The lowest BCUT2D eigenvalue weighted by Crippen LogP contribution is -1.81. The summed E-state index contributed by atoms with van der Waals surface area (Å²) >= 11 is 2.38. The van der Waals surface area contributed by atoms with E-state index in [1.165, 1.54) is 22.7 Å². The van der Waals surface area contributed by atoms with E-state index < -0.39 is 0 Å². The molecule has 6 rings (SSSR count). The highest BCUT2D eigenvalue weighted by atomic mass is 32.1. The van der Waals surface area contributed by atoms with E-state index in [1.54, 1.807) is 12.1 Å². The molecule has 2 heterocycles. The molecule has 0 aliphatic carbocycles. The third kappa shape index (κ3) is 1.86. The summed E-state index contributed by atoms with van der Waals surface area (Å²) in [6.07, 6.45) is 0. The molecule has 4 aromatic carbocycles. The molecule has 0 aliphatic heterocycles. The first kappa shape index (κ1) is 14.6. The highest BCUT2D eigenvalue weighted by Crippen LogP contribution is 2.40. The molecule has 0 amide bonds. The van der Waals surface area contributed by atoms with Gasteiger partial charge in [0.1, 0.15) is 0 Å². The van der Waals surface area contributed by atoms with Crippen molar-refractivity contribution in [2.45, 2.75) is 0 Å². The average molecular weight is 376 g/mol. The SMILES string of the molecule is Fc1cc2ccc3c4ccc5c(ccc6cc(F)sc65)c4ccc3c2s1. The fourth-order valence-corrected chi connectivity index (χ4v) is 5.80. The Morgan fingerprint density at radius 1 is 0.462 bits per heavy atom. The number of hydrogen-bond acceptors (Lipinski definition) is 2. The summed E-state index contributed by atoms with van der Waals surface area (Å²) in [5, 5.41) is 8.24. The third-order valence-corrected chi connectivity index (χ3v) is 7.04. The van der Waals surface area contributed by atoms with Crippen molar-refractivity contribution in [3.05, 3.63) is 70.9 Å². The van der Waals surface area contributed by atoms with Crippen LogP contribution in [0.3, 0.4) is 0 Å². The van der Waals surface area contributed by atoms with Gasteiger partial charge in [0, 0.05) is 20.2 Å². The third-order valence-electron chi connectivity index (χ3n) is 5.09. The molecule has 6 aromatic rings. The van der Waals surface area contributed by atoms with E-state index in [0.717, 1.165) is 52.5 Å². The fraction of sp³-hybridized carbons (Fsp3) is 0. The lowest BCUT2D eigenvalue weighted by molar-refractivity contribution is 0.658. The molecule has 0 unspecified atom stereocenters. The van der Waals surface area contributed by atoms with Crippen LogP contribution in [0.5, 0.6) is 0 Å². The normalized spacial score (nSPS) is 12.2. The quantitative estimate of drug-likeness (QED) is 0.237. The highest BCUT2D eigenvalue weighted by molar-refractivity contribution is 7.19. The molecule has 26 heavy (non-hydrogen) atoms. The Balaban J connectivity index is 1.81. The van der Waals surface area contributed by atoms with E-state index in [1.807, 2.05) is 12.1 Å². The molecule has 0 N–H and O–H groups in total. The second kappa shape index (κ2) is 5.00. The zero-order valence-electron chi connectivity index (χ0n) is 13.3. The standard InChI is InChI=1S/C22H10F2S2/c23-19-9-11-1-3-15-13-5-8-18-16(4-2-12-10-20(24)26-22(12)18)14(13)6-7-17(15)21(11)25-19/h1-10H. The van der Waals surface area contributed by atoms with Crippen molar-refractivity contribution in [2.24, 2.45) is 0 Å². The Labute approximate surface area is 154 Å². The molecule has 0 nitrogen and oxygen atoms in total. The van der Waals surface area contributed by atoms with Gasteiger partial charge in [0.2, 0.25) is 0 Å². The Bertz CT molecular complexity index is 1390. The van der Waals surface area contributed by atoms with Crippen LogP contribution >= 0.6 is 22.7 Å². The first-order valence-corrected chi connectivity index (χ1v) is 9.87. The molecule has 0 fully saturated rings. The Hall–Kier alpha value is -2.56. The summed E-state index contributed by atoms with van der Waals surface area (Å²) in [5.74, 6) is 0. The maximum Gasteiger partial charge on any atom is 0.177 e. The number of halogens is 2. The molecule has 0 radical (unpaired) electrons. The first-order chi connectivity index (χ1) is 12.7. The minimum Gasteiger partial charge on any atom is -0.195 e. The van der Waals surface area contributed by atoms with E-state index in [4.69, 9.17) is 0 Å². The number of thiophene rings is 2. The fourth-order valence-electron chi connectivity index (χ4n) is 3.97. The van der Waals surface area contributed by atoms with Gasteiger partial charge in [-0.05, 0) is 44.5 Å². The zero-order valence-corrected chi connectivity index (χ0v) is 15.0. The molecular weight excluding hydrogens is 366 g/mol. The summed E-state index contributed by atoms with van der Waals surface area (Å²) in [5.41, 5.74) is 0. The predicted molar refractivity (Wildman–Crippen MR) is 110 cm³/mol. The van der Waals surface area contributed by atoms with Gasteiger partial charge >= 0.3 is 0 Å². The molecule has 0 saturated carbocycles. The minimum absolute atomic E-state index is 0.159. The van der Waals surface area contributed by atoms with E-state index in [9.17, 15) is 8.78 Å². The van der Waals surface area contributed by atoms with Gasteiger partial charge in [0.05, 0.1) is 0 Å². The average Bonchev–Trinajstić information content (AvgIpc) is 3.21. The van der Waals surface area contributed by atoms with Crippen molar-refractivity contribution in [1.82, 2.24) is 0 Å². The minimum atomic E-state index is -0.159. The lowest BCUT2D eigenvalue weighted by Gasteiger charge is -2.09. The second-order valence-corrected chi connectivity index (χ2v) is 8.49. The lowest BCUT2D eigenvalue weighted by atomic mass is 9.96. The number of benzene rings is 4. The van der Waals surface area contributed by atoms with Crippen LogP contribution < -0.4 is 0 Å². The summed E-state index contributed by atoms with van der Waals surface area (Å²) < 4.78 is 29.4. The van der Waals surface area contributed by atoms with Crippen molar-refractivity contribution in [3.63, 3.8) is 0 Å². The number of hydrogen-bond donors (Lipinski definition) is 0. The van der Waals surface area contributed by atoms with Crippen LogP contribution in [0.1, 0.15) is 0 Å². The molecule has 0 bridgehead atoms. The van der Waals surface area contributed by atoms with Gasteiger partial charge in [-0.25, -0.2) is 0 Å². The topological polar surface area (TPSA) is 0 Å². The van der Waals surface area contributed by atoms with Crippen molar-refractivity contribution < 1.29 is 8.78 Å². The van der Waals surface area contributed by atoms with Crippen LogP contribution in [0.25, 0.3) is 52.5 Å². The van der Waals surface area contributed by atoms with E-state index in [2.05, 4.69) is 36.4 Å². The first-order valence-electron chi connectivity index (χ1n) is 8.24. The molecule has 124 valence electrons.